The molecule has 1 aliphatic heterocycles. The predicted octanol–water partition coefficient (Wildman–Crippen LogP) is 3.77. The predicted molar refractivity (Wildman–Crippen MR) is 106 cm³/mol. The van der Waals surface area contributed by atoms with Crippen LogP contribution in [0.4, 0.5) is 0 Å². The minimum Gasteiger partial charge on any atom is -0.494 e. The van der Waals surface area contributed by atoms with Gasteiger partial charge >= 0.3 is 0 Å². The van der Waals surface area contributed by atoms with Crippen LogP contribution in [-0.4, -0.2) is 42.6 Å². The van der Waals surface area contributed by atoms with Crippen LogP contribution < -0.4 is 4.74 Å². The number of thiophene rings is 1. The summed E-state index contributed by atoms with van der Waals surface area (Å²) >= 11 is 1.56. The molecule has 3 heterocycles. The first kappa shape index (κ1) is 19.1. The van der Waals surface area contributed by atoms with Crippen LogP contribution in [0.1, 0.15) is 31.6 Å². The summed E-state index contributed by atoms with van der Waals surface area (Å²) in [4.78, 5) is 0.265. The Hall–Kier alpha value is -2.23. The number of ether oxygens (including phenoxy) is 1. The van der Waals surface area contributed by atoms with E-state index in [0.29, 0.717) is 37.2 Å². The summed E-state index contributed by atoms with van der Waals surface area (Å²) in [7, 11) is -3.58. The second-order valence-corrected chi connectivity index (χ2v) is 9.28. The number of sulfonamides is 1. The van der Waals surface area contributed by atoms with Gasteiger partial charge in [-0.15, -0.1) is 10.2 Å². The van der Waals surface area contributed by atoms with Crippen molar-refractivity contribution >= 4 is 21.4 Å². The monoisotopic (exact) mass is 419 g/mol. The van der Waals surface area contributed by atoms with Gasteiger partial charge < -0.3 is 9.15 Å². The van der Waals surface area contributed by atoms with Crippen molar-refractivity contribution in [3.63, 3.8) is 0 Å². The Morgan fingerprint density at radius 1 is 1.25 bits per heavy atom. The van der Waals surface area contributed by atoms with Crippen molar-refractivity contribution in [2.24, 2.45) is 0 Å². The first-order valence-electron chi connectivity index (χ1n) is 9.17. The van der Waals surface area contributed by atoms with Crippen molar-refractivity contribution in [1.29, 1.82) is 0 Å². The van der Waals surface area contributed by atoms with Crippen LogP contribution in [0.3, 0.4) is 0 Å². The van der Waals surface area contributed by atoms with Gasteiger partial charge in [0.15, 0.2) is 0 Å². The maximum Gasteiger partial charge on any atom is 0.248 e. The fraction of sp³-hybridized carbons (Fsp3) is 0.368. The molecule has 4 rings (SSSR count). The molecule has 0 N–H and O–H groups in total. The van der Waals surface area contributed by atoms with Crippen LogP contribution >= 0.6 is 11.3 Å². The zero-order chi connectivity index (χ0) is 19.6. The summed E-state index contributed by atoms with van der Waals surface area (Å²) in [6.45, 7) is 3.25. The van der Waals surface area contributed by atoms with E-state index in [1.54, 1.807) is 35.6 Å². The first-order chi connectivity index (χ1) is 13.6. The number of hydrogen-bond donors (Lipinski definition) is 0. The van der Waals surface area contributed by atoms with Gasteiger partial charge in [0.1, 0.15) is 5.75 Å². The Kier molecular flexibility index (Phi) is 5.47. The molecule has 28 heavy (non-hydrogen) atoms. The lowest BCUT2D eigenvalue weighted by molar-refractivity contribution is 0.286. The highest BCUT2D eigenvalue weighted by Gasteiger charge is 2.33. The van der Waals surface area contributed by atoms with Crippen molar-refractivity contribution in [3.8, 4) is 17.2 Å². The van der Waals surface area contributed by atoms with Crippen LogP contribution in [-0.2, 0) is 10.0 Å². The van der Waals surface area contributed by atoms with E-state index in [1.165, 1.54) is 4.31 Å². The van der Waals surface area contributed by atoms with Gasteiger partial charge in [0.25, 0.3) is 0 Å². The molecular weight excluding hydrogens is 398 g/mol. The van der Waals surface area contributed by atoms with E-state index in [1.807, 2.05) is 23.8 Å². The summed E-state index contributed by atoms with van der Waals surface area (Å²) < 4.78 is 38.8. The molecular formula is C19H21N3O4S2. The lowest BCUT2D eigenvalue weighted by Gasteiger charge is -2.30. The fourth-order valence-corrected chi connectivity index (χ4v) is 5.44. The highest BCUT2D eigenvalue weighted by atomic mass is 32.2. The van der Waals surface area contributed by atoms with E-state index in [-0.39, 0.29) is 10.8 Å². The van der Waals surface area contributed by atoms with Gasteiger partial charge in [0, 0.05) is 24.0 Å². The zero-order valence-corrected chi connectivity index (χ0v) is 17.1. The Balaban J connectivity index is 1.51. The molecule has 0 radical (unpaired) electrons. The molecule has 1 saturated heterocycles. The number of nitrogens with zero attached hydrogens (tertiary/aromatic N) is 3. The van der Waals surface area contributed by atoms with E-state index in [2.05, 4.69) is 10.2 Å². The Morgan fingerprint density at radius 2 is 2.07 bits per heavy atom. The van der Waals surface area contributed by atoms with E-state index in [4.69, 9.17) is 9.15 Å². The minimum atomic E-state index is -3.58. The van der Waals surface area contributed by atoms with Gasteiger partial charge in [-0.2, -0.15) is 15.6 Å². The summed E-state index contributed by atoms with van der Waals surface area (Å²) in [6, 6.07) is 8.47. The molecule has 1 aliphatic rings. The molecule has 0 bridgehead atoms. The van der Waals surface area contributed by atoms with E-state index < -0.39 is 10.0 Å². The zero-order valence-electron chi connectivity index (χ0n) is 15.4. The van der Waals surface area contributed by atoms with Crippen molar-refractivity contribution in [2.45, 2.75) is 30.6 Å². The molecule has 2 aromatic heterocycles. The van der Waals surface area contributed by atoms with Gasteiger partial charge in [-0.3, -0.25) is 0 Å². The summed E-state index contributed by atoms with van der Waals surface area (Å²) in [6.07, 6.45) is 1.57. The second-order valence-electron chi connectivity index (χ2n) is 6.56. The van der Waals surface area contributed by atoms with Crippen LogP contribution in [0.5, 0.6) is 5.75 Å². The van der Waals surface area contributed by atoms with E-state index in [0.717, 1.165) is 18.4 Å². The van der Waals surface area contributed by atoms with E-state index >= 15 is 0 Å². The van der Waals surface area contributed by atoms with Crippen LogP contribution in [0.25, 0.3) is 11.5 Å². The molecule has 0 amide bonds. The molecule has 0 spiro atoms. The Morgan fingerprint density at radius 3 is 2.79 bits per heavy atom. The summed E-state index contributed by atoms with van der Waals surface area (Å²) in [5, 5.41) is 12.2. The van der Waals surface area contributed by atoms with Gasteiger partial charge in [0.05, 0.1) is 17.4 Å². The molecule has 148 valence electrons. The molecule has 1 aromatic carbocycles. The van der Waals surface area contributed by atoms with Crippen molar-refractivity contribution < 1.29 is 17.6 Å². The van der Waals surface area contributed by atoms with Crippen molar-refractivity contribution in [3.05, 3.63) is 47.0 Å². The minimum absolute atomic E-state index is 0.105. The summed E-state index contributed by atoms with van der Waals surface area (Å²) in [5.41, 5.74) is 0.887. The average Bonchev–Trinajstić information content (AvgIpc) is 3.41. The second kappa shape index (κ2) is 8.02. The van der Waals surface area contributed by atoms with Gasteiger partial charge in [-0.25, -0.2) is 8.42 Å². The molecule has 1 fully saturated rings. The number of aromatic nitrogens is 2. The normalized spacial score (nSPS) is 18.2. The highest BCUT2D eigenvalue weighted by Crippen LogP contribution is 2.32. The smallest absolute Gasteiger partial charge is 0.248 e. The topological polar surface area (TPSA) is 85.5 Å². The van der Waals surface area contributed by atoms with Crippen LogP contribution in [0.2, 0.25) is 0 Å². The maximum atomic E-state index is 13.0. The quantitative estimate of drug-likeness (QED) is 0.605. The molecule has 3 aromatic rings. The van der Waals surface area contributed by atoms with Gasteiger partial charge in [-0.1, -0.05) is 0 Å². The van der Waals surface area contributed by atoms with Gasteiger partial charge in [0.2, 0.25) is 21.8 Å². The molecule has 7 nitrogen and oxygen atoms in total. The molecule has 0 saturated carbocycles. The largest absolute Gasteiger partial charge is 0.494 e. The number of hydrogen-bond acceptors (Lipinski definition) is 7. The third kappa shape index (κ3) is 3.82. The molecule has 0 aliphatic carbocycles. The lowest BCUT2D eigenvalue weighted by Crippen LogP contribution is -2.39. The first-order valence-corrected chi connectivity index (χ1v) is 11.5. The fourth-order valence-electron chi connectivity index (χ4n) is 3.29. The molecule has 1 unspecified atom stereocenters. The van der Waals surface area contributed by atoms with Crippen molar-refractivity contribution in [2.75, 3.05) is 19.7 Å². The van der Waals surface area contributed by atoms with Crippen molar-refractivity contribution in [1.82, 2.24) is 14.5 Å². The third-order valence-corrected chi connectivity index (χ3v) is 7.28. The van der Waals surface area contributed by atoms with E-state index in [9.17, 15) is 8.42 Å². The number of piperidine rings is 1. The van der Waals surface area contributed by atoms with Crippen LogP contribution in [0.15, 0.2) is 50.4 Å². The molecule has 9 heteroatoms. The highest BCUT2D eigenvalue weighted by molar-refractivity contribution is 7.89. The maximum absolute atomic E-state index is 13.0. The average molecular weight is 420 g/mol. The summed E-state index contributed by atoms with van der Waals surface area (Å²) in [5.74, 6) is 1.52. The van der Waals surface area contributed by atoms with Gasteiger partial charge in [-0.05, 0) is 55.5 Å². The number of rotatable bonds is 6. The third-order valence-electron chi connectivity index (χ3n) is 4.71. The molecule has 1 atom stereocenters. The SMILES string of the molecule is CCOc1ccc(S(=O)(=O)N2CCCC(c3nnc(-c4ccsc4)o3)C2)cc1. The Bertz CT molecular complexity index is 1010. The lowest BCUT2D eigenvalue weighted by atomic mass is 10.00. The standard InChI is InChI=1S/C19H21N3O4S2/c1-2-25-16-5-7-17(8-6-16)28(23,24)22-10-3-4-14(12-22)18-20-21-19(26-18)15-9-11-27-13-15/h5-9,11,13-14H,2-4,10,12H2,1H3. The number of benzene rings is 1. The van der Waals surface area contributed by atoms with Crippen LogP contribution in [0, 0.1) is 0 Å². The Labute approximate surface area is 168 Å².